The number of methoxy groups -OCH3 is 1. The molecule has 0 amide bonds. The summed E-state index contributed by atoms with van der Waals surface area (Å²) >= 11 is 11.4. The molecule has 5 heteroatoms. The third kappa shape index (κ3) is 2.32. The molecule has 0 saturated carbocycles. The van der Waals surface area contributed by atoms with Crippen LogP contribution in [-0.4, -0.2) is 17.1 Å². The molecule has 1 aromatic heterocycles. The molecule has 0 unspecified atom stereocenters. The van der Waals surface area contributed by atoms with Crippen LogP contribution in [0.15, 0.2) is 12.7 Å². The monoisotopic (exact) mass is 218 g/mol. The zero-order chi connectivity index (χ0) is 9.84. The highest BCUT2D eigenvalue weighted by molar-refractivity contribution is 6.32. The van der Waals surface area contributed by atoms with Gasteiger partial charge in [-0.1, -0.05) is 17.7 Å². The molecule has 0 aromatic carbocycles. The van der Waals surface area contributed by atoms with Crippen LogP contribution in [0.5, 0.6) is 5.75 Å². The molecule has 0 fully saturated rings. The smallest absolute Gasteiger partial charge is 0.224 e. The molecule has 3 nitrogen and oxygen atoms in total. The fourth-order valence-corrected chi connectivity index (χ4v) is 1.41. The summed E-state index contributed by atoms with van der Waals surface area (Å²) in [6, 6.07) is 0. The van der Waals surface area contributed by atoms with Crippen LogP contribution in [0.3, 0.4) is 0 Å². The van der Waals surface area contributed by atoms with Gasteiger partial charge in [0.1, 0.15) is 0 Å². The Hall–Kier alpha value is -0.800. The summed E-state index contributed by atoms with van der Waals surface area (Å²) in [6.07, 6.45) is 2.24. The van der Waals surface area contributed by atoms with Gasteiger partial charge in [-0.15, -0.1) is 6.58 Å². The highest BCUT2D eigenvalue weighted by Crippen LogP contribution is 2.26. The zero-order valence-electron chi connectivity index (χ0n) is 7.05. The fraction of sp³-hybridized carbons (Fsp3) is 0.250. The average molecular weight is 219 g/mol. The van der Waals surface area contributed by atoms with Crippen molar-refractivity contribution in [2.75, 3.05) is 7.11 Å². The fourth-order valence-electron chi connectivity index (χ4n) is 0.915. The molecule has 0 aliphatic carbocycles. The van der Waals surface area contributed by atoms with Crippen molar-refractivity contribution < 1.29 is 4.74 Å². The third-order valence-corrected chi connectivity index (χ3v) is 1.83. The summed E-state index contributed by atoms with van der Waals surface area (Å²) in [5.74, 6) is 0.450. The molecule has 1 rings (SSSR count). The van der Waals surface area contributed by atoms with Gasteiger partial charge < -0.3 is 4.74 Å². The van der Waals surface area contributed by atoms with Crippen LogP contribution in [0, 0.1) is 0 Å². The van der Waals surface area contributed by atoms with Gasteiger partial charge in [-0.05, 0) is 11.6 Å². The van der Waals surface area contributed by atoms with Crippen molar-refractivity contribution in [2.45, 2.75) is 6.42 Å². The SMILES string of the molecule is C=CCc1nc(Cl)nc(Cl)c1OC. The Balaban J connectivity index is 3.20. The molecule has 1 aromatic rings. The molecule has 0 saturated heterocycles. The molecule has 0 aliphatic heterocycles. The molecule has 0 aliphatic rings. The lowest BCUT2D eigenvalue weighted by Crippen LogP contribution is -1.98. The van der Waals surface area contributed by atoms with E-state index in [-0.39, 0.29) is 10.4 Å². The van der Waals surface area contributed by atoms with Crippen LogP contribution in [0.2, 0.25) is 10.4 Å². The molecular weight excluding hydrogens is 211 g/mol. The molecular formula is C8H8Cl2N2O. The highest BCUT2D eigenvalue weighted by atomic mass is 35.5. The molecule has 0 bridgehead atoms. The molecule has 0 atom stereocenters. The molecule has 1 heterocycles. The number of hydrogen-bond acceptors (Lipinski definition) is 3. The highest BCUT2D eigenvalue weighted by Gasteiger charge is 2.11. The topological polar surface area (TPSA) is 35.0 Å². The predicted molar refractivity (Wildman–Crippen MR) is 52.5 cm³/mol. The van der Waals surface area contributed by atoms with E-state index in [1.165, 1.54) is 7.11 Å². The number of ether oxygens (including phenoxy) is 1. The van der Waals surface area contributed by atoms with Crippen LogP contribution in [0.1, 0.15) is 5.69 Å². The van der Waals surface area contributed by atoms with E-state index in [4.69, 9.17) is 27.9 Å². The van der Waals surface area contributed by atoms with E-state index in [2.05, 4.69) is 16.5 Å². The van der Waals surface area contributed by atoms with Gasteiger partial charge in [-0.3, -0.25) is 0 Å². The first-order valence-corrected chi connectivity index (χ1v) is 4.31. The number of nitrogens with zero attached hydrogens (tertiary/aromatic N) is 2. The van der Waals surface area contributed by atoms with E-state index in [1.54, 1.807) is 6.08 Å². The van der Waals surface area contributed by atoms with E-state index >= 15 is 0 Å². The van der Waals surface area contributed by atoms with Gasteiger partial charge in [0.25, 0.3) is 0 Å². The van der Waals surface area contributed by atoms with Gasteiger partial charge in [0, 0.05) is 6.42 Å². The standard InChI is InChI=1S/C8H8Cl2N2O/c1-3-4-5-6(13-2)7(9)12-8(10)11-5/h3H,1,4H2,2H3. The zero-order valence-corrected chi connectivity index (χ0v) is 8.56. The third-order valence-electron chi connectivity index (χ3n) is 1.41. The molecule has 0 N–H and O–H groups in total. The van der Waals surface area contributed by atoms with Crippen molar-refractivity contribution in [3.8, 4) is 5.75 Å². The minimum Gasteiger partial charge on any atom is -0.492 e. The van der Waals surface area contributed by atoms with Gasteiger partial charge >= 0.3 is 0 Å². The summed E-state index contributed by atoms with van der Waals surface area (Å²) in [5.41, 5.74) is 0.641. The van der Waals surface area contributed by atoms with Crippen LogP contribution in [-0.2, 0) is 6.42 Å². The Morgan fingerprint density at radius 3 is 2.69 bits per heavy atom. The van der Waals surface area contributed by atoms with Crippen LogP contribution in [0.4, 0.5) is 0 Å². The number of aromatic nitrogens is 2. The first-order valence-electron chi connectivity index (χ1n) is 3.55. The maximum atomic E-state index is 5.78. The summed E-state index contributed by atoms with van der Waals surface area (Å²) in [6.45, 7) is 3.59. The Morgan fingerprint density at radius 1 is 1.46 bits per heavy atom. The Bertz CT molecular complexity index is 328. The Labute approximate surface area is 86.4 Å². The minimum atomic E-state index is 0.114. The first kappa shape index (κ1) is 10.3. The summed E-state index contributed by atoms with van der Waals surface area (Å²) in [4.78, 5) is 7.72. The minimum absolute atomic E-state index is 0.114. The number of halogens is 2. The van der Waals surface area contributed by atoms with Gasteiger partial charge in [0.05, 0.1) is 12.8 Å². The molecule has 0 spiro atoms. The summed E-state index contributed by atoms with van der Waals surface area (Å²) in [7, 11) is 1.51. The Morgan fingerprint density at radius 2 is 2.15 bits per heavy atom. The van der Waals surface area contributed by atoms with E-state index in [1.807, 2.05) is 0 Å². The van der Waals surface area contributed by atoms with Crippen molar-refractivity contribution in [2.24, 2.45) is 0 Å². The van der Waals surface area contributed by atoms with E-state index in [0.29, 0.717) is 17.9 Å². The summed E-state index contributed by atoms with van der Waals surface area (Å²) in [5, 5.41) is 0.335. The van der Waals surface area contributed by atoms with Crippen molar-refractivity contribution in [1.29, 1.82) is 0 Å². The largest absolute Gasteiger partial charge is 0.492 e. The van der Waals surface area contributed by atoms with Gasteiger partial charge in [0.15, 0.2) is 10.9 Å². The lowest BCUT2D eigenvalue weighted by Gasteiger charge is -2.06. The van der Waals surface area contributed by atoms with Crippen molar-refractivity contribution in [1.82, 2.24) is 9.97 Å². The predicted octanol–water partition coefficient (Wildman–Crippen LogP) is 2.52. The van der Waals surface area contributed by atoms with Crippen molar-refractivity contribution in [3.05, 3.63) is 28.8 Å². The lowest BCUT2D eigenvalue weighted by molar-refractivity contribution is 0.406. The van der Waals surface area contributed by atoms with E-state index in [9.17, 15) is 0 Å². The van der Waals surface area contributed by atoms with Gasteiger partial charge in [-0.2, -0.15) is 0 Å². The Kier molecular flexibility index (Phi) is 3.51. The van der Waals surface area contributed by atoms with E-state index < -0.39 is 0 Å². The normalized spacial score (nSPS) is 9.77. The maximum absolute atomic E-state index is 5.78. The first-order chi connectivity index (χ1) is 6.19. The van der Waals surface area contributed by atoms with Crippen molar-refractivity contribution in [3.63, 3.8) is 0 Å². The van der Waals surface area contributed by atoms with E-state index in [0.717, 1.165) is 0 Å². The molecule has 13 heavy (non-hydrogen) atoms. The quantitative estimate of drug-likeness (QED) is 0.445. The second kappa shape index (κ2) is 4.44. The average Bonchev–Trinajstić information content (AvgIpc) is 2.04. The van der Waals surface area contributed by atoms with Crippen molar-refractivity contribution >= 4 is 23.2 Å². The molecule has 70 valence electrons. The lowest BCUT2D eigenvalue weighted by atomic mass is 10.3. The van der Waals surface area contributed by atoms with Crippen LogP contribution < -0.4 is 4.74 Å². The van der Waals surface area contributed by atoms with Gasteiger partial charge in [-0.25, -0.2) is 9.97 Å². The van der Waals surface area contributed by atoms with Crippen LogP contribution in [0.25, 0.3) is 0 Å². The van der Waals surface area contributed by atoms with Gasteiger partial charge in [0.2, 0.25) is 5.28 Å². The number of hydrogen-bond donors (Lipinski definition) is 0. The summed E-state index contributed by atoms with van der Waals surface area (Å²) < 4.78 is 5.02. The number of rotatable bonds is 3. The number of allylic oxidation sites excluding steroid dienone is 1. The van der Waals surface area contributed by atoms with Crippen LogP contribution >= 0.6 is 23.2 Å². The maximum Gasteiger partial charge on any atom is 0.224 e. The second-order valence-corrected chi connectivity index (χ2v) is 2.95. The second-order valence-electron chi connectivity index (χ2n) is 2.26. The molecule has 0 radical (unpaired) electrons.